The summed E-state index contributed by atoms with van der Waals surface area (Å²) in [4.78, 5) is 12.5. The van der Waals surface area contributed by atoms with Crippen molar-refractivity contribution in [1.29, 1.82) is 0 Å². The fourth-order valence-electron chi connectivity index (χ4n) is 2.31. The average Bonchev–Trinajstić information content (AvgIpc) is 2.98. The highest BCUT2D eigenvalue weighted by molar-refractivity contribution is 6.34. The van der Waals surface area contributed by atoms with E-state index in [1.54, 1.807) is 18.2 Å². The number of benzene rings is 2. The molecule has 0 spiro atoms. The number of amides is 1. The molecule has 25 heavy (non-hydrogen) atoms. The summed E-state index contributed by atoms with van der Waals surface area (Å²) in [5.41, 5.74) is 8.23. The Morgan fingerprint density at radius 1 is 1.28 bits per heavy atom. The Hall–Kier alpha value is -3.06. The fourth-order valence-corrected chi connectivity index (χ4v) is 2.47. The standard InChI is InChI=1S/C17H16ClN5O2/c1-10-4-3-5-11(8-10)23-16(19)15(21-22-23)17(24)20-14-9-12(25-2)6-7-13(14)18/h3-9H,19H2,1-2H3,(H,20,24). The van der Waals surface area contributed by atoms with E-state index in [1.165, 1.54) is 11.8 Å². The fraction of sp³-hybridized carbons (Fsp3) is 0.118. The number of methoxy groups -OCH3 is 1. The first-order chi connectivity index (χ1) is 12.0. The molecule has 0 saturated carbocycles. The van der Waals surface area contributed by atoms with Gasteiger partial charge in [0.05, 0.1) is 23.5 Å². The van der Waals surface area contributed by atoms with E-state index in [1.807, 2.05) is 31.2 Å². The first-order valence-corrected chi connectivity index (χ1v) is 7.80. The summed E-state index contributed by atoms with van der Waals surface area (Å²) in [7, 11) is 1.53. The van der Waals surface area contributed by atoms with Crippen molar-refractivity contribution in [2.45, 2.75) is 6.92 Å². The topological polar surface area (TPSA) is 95.1 Å². The summed E-state index contributed by atoms with van der Waals surface area (Å²) in [5, 5.41) is 10.9. The lowest BCUT2D eigenvalue weighted by Gasteiger charge is -2.08. The molecule has 3 rings (SSSR count). The van der Waals surface area contributed by atoms with Crippen LogP contribution >= 0.6 is 11.6 Å². The summed E-state index contributed by atoms with van der Waals surface area (Å²) in [6.07, 6.45) is 0. The van der Waals surface area contributed by atoms with Crippen molar-refractivity contribution in [2.75, 3.05) is 18.2 Å². The molecule has 0 bridgehead atoms. The Kier molecular flexibility index (Phi) is 4.58. The number of halogens is 1. The van der Waals surface area contributed by atoms with Gasteiger partial charge in [0.25, 0.3) is 5.91 Å². The zero-order valence-corrected chi connectivity index (χ0v) is 14.4. The predicted octanol–water partition coefficient (Wildman–Crippen LogP) is 3.07. The number of anilines is 2. The SMILES string of the molecule is COc1ccc(Cl)c(NC(=O)c2nnn(-c3cccc(C)c3)c2N)c1. The minimum absolute atomic E-state index is 0.0143. The zero-order chi connectivity index (χ0) is 18.0. The number of aryl methyl sites for hydroxylation is 1. The molecule has 0 atom stereocenters. The maximum atomic E-state index is 12.5. The molecule has 3 aromatic rings. The molecule has 7 nitrogen and oxygen atoms in total. The van der Waals surface area contributed by atoms with Gasteiger partial charge in [0.15, 0.2) is 11.5 Å². The average molecular weight is 358 g/mol. The van der Waals surface area contributed by atoms with E-state index >= 15 is 0 Å². The molecular formula is C17H16ClN5O2. The van der Waals surface area contributed by atoms with Crippen molar-refractivity contribution in [1.82, 2.24) is 15.0 Å². The molecule has 8 heteroatoms. The van der Waals surface area contributed by atoms with Crippen molar-refractivity contribution >= 4 is 29.0 Å². The Labute approximate surface area is 149 Å². The molecule has 1 heterocycles. The monoisotopic (exact) mass is 357 g/mol. The highest BCUT2D eigenvalue weighted by atomic mass is 35.5. The van der Waals surface area contributed by atoms with Crippen molar-refractivity contribution in [3.8, 4) is 11.4 Å². The van der Waals surface area contributed by atoms with Gasteiger partial charge in [-0.25, -0.2) is 0 Å². The highest BCUT2D eigenvalue weighted by Crippen LogP contribution is 2.27. The first kappa shape index (κ1) is 16.8. The Bertz CT molecular complexity index is 939. The quantitative estimate of drug-likeness (QED) is 0.748. The van der Waals surface area contributed by atoms with Crippen LogP contribution in [-0.4, -0.2) is 28.0 Å². The molecule has 0 fully saturated rings. The van der Waals surface area contributed by atoms with Gasteiger partial charge in [0.1, 0.15) is 5.75 Å². The van der Waals surface area contributed by atoms with E-state index in [9.17, 15) is 4.79 Å². The van der Waals surface area contributed by atoms with E-state index in [-0.39, 0.29) is 11.5 Å². The van der Waals surface area contributed by atoms with Gasteiger partial charge >= 0.3 is 0 Å². The van der Waals surface area contributed by atoms with Crippen LogP contribution in [-0.2, 0) is 0 Å². The number of nitrogens with zero attached hydrogens (tertiary/aromatic N) is 3. The van der Waals surface area contributed by atoms with Crippen LogP contribution in [0.1, 0.15) is 16.1 Å². The van der Waals surface area contributed by atoms with Crippen LogP contribution in [0.2, 0.25) is 5.02 Å². The molecule has 3 N–H and O–H groups in total. The minimum atomic E-state index is -0.508. The summed E-state index contributed by atoms with van der Waals surface area (Å²) < 4.78 is 6.54. The molecule has 2 aromatic carbocycles. The highest BCUT2D eigenvalue weighted by Gasteiger charge is 2.19. The Morgan fingerprint density at radius 3 is 2.80 bits per heavy atom. The number of nitrogen functional groups attached to an aromatic ring is 1. The number of hydrogen-bond acceptors (Lipinski definition) is 5. The van der Waals surface area contributed by atoms with Crippen LogP contribution in [0.15, 0.2) is 42.5 Å². The number of hydrogen-bond donors (Lipinski definition) is 2. The summed E-state index contributed by atoms with van der Waals surface area (Å²) in [6.45, 7) is 1.95. The van der Waals surface area contributed by atoms with Crippen LogP contribution in [0.5, 0.6) is 5.75 Å². The van der Waals surface area contributed by atoms with Crippen molar-refractivity contribution in [3.05, 3.63) is 58.7 Å². The lowest BCUT2D eigenvalue weighted by atomic mass is 10.2. The number of carbonyl (C=O) groups is 1. The van der Waals surface area contributed by atoms with Crippen molar-refractivity contribution in [2.24, 2.45) is 0 Å². The minimum Gasteiger partial charge on any atom is -0.497 e. The molecule has 0 saturated heterocycles. The van der Waals surface area contributed by atoms with Gasteiger partial charge in [-0.15, -0.1) is 5.10 Å². The van der Waals surface area contributed by atoms with E-state index in [0.29, 0.717) is 16.5 Å². The zero-order valence-electron chi connectivity index (χ0n) is 13.7. The van der Waals surface area contributed by atoms with Crippen LogP contribution in [0.25, 0.3) is 5.69 Å². The number of rotatable bonds is 4. The smallest absolute Gasteiger partial charge is 0.280 e. The van der Waals surface area contributed by atoms with Gasteiger partial charge in [-0.1, -0.05) is 28.9 Å². The number of ether oxygens (including phenoxy) is 1. The maximum absolute atomic E-state index is 12.5. The number of aromatic nitrogens is 3. The molecule has 0 aliphatic heterocycles. The third kappa shape index (κ3) is 3.41. The van der Waals surface area contributed by atoms with E-state index in [4.69, 9.17) is 22.1 Å². The van der Waals surface area contributed by atoms with Gasteiger partial charge in [-0.3, -0.25) is 4.79 Å². The summed E-state index contributed by atoms with van der Waals surface area (Å²) >= 11 is 6.10. The number of nitrogens with one attached hydrogen (secondary N) is 1. The number of nitrogens with two attached hydrogens (primary N) is 1. The van der Waals surface area contributed by atoms with Gasteiger partial charge < -0.3 is 15.8 Å². The van der Waals surface area contributed by atoms with E-state index < -0.39 is 5.91 Å². The van der Waals surface area contributed by atoms with Gasteiger partial charge in [-0.05, 0) is 36.8 Å². The third-order valence-electron chi connectivity index (χ3n) is 3.59. The maximum Gasteiger partial charge on any atom is 0.280 e. The van der Waals surface area contributed by atoms with Gasteiger partial charge in [-0.2, -0.15) is 4.68 Å². The van der Waals surface area contributed by atoms with Gasteiger partial charge in [0, 0.05) is 6.07 Å². The second-order valence-electron chi connectivity index (χ2n) is 5.37. The molecule has 0 unspecified atom stereocenters. The van der Waals surface area contributed by atoms with Crippen LogP contribution in [0, 0.1) is 6.92 Å². The Balaban J connectivity index is 1.89. The van der Waals surface area contributed by atoms with Crippen LogP contribution in [0.3, 0.4) is 0 Å². The lowest BCUT2D eigenvalue weighted by molar-refractivity contribution is 0.102. The second-order valence-corrected chi connectivity index (χ2v) is 5.78. The predicted molar refractivity (Wildman–Crippen MR) is 96.5 cm³/mol. The third-order valence-corrected chi connectivity index (χ3v) is 3.92. The van der Waals surface area contributed by atoms with Crippen LogP contribution in [0.4, 0.5) is 11.5 Å². The molecule has 0 aliphatic rings. The molecule has 128 valence electrons. The molecular weight excluding hydrogens is 342 g/mol. The van der Waals surface area contributed by atoms with E-state index in [2.05, 4.69) is 15.6 Å². The molecule has 0 aliphatic carbocycles. The Morgan fingerprint density at radius 2 is 2.08 bits per heavy atom. The number of carbonyl (C=O) groups excluding carboxylic acids is 1. The lowest BCUT2D eigenvalue weighted by Crippen LogP contribution is -2.15. The second kappa shape index (κ2) is 6.82. The molecule has 0 radical (unpaired) electrons. The normalized spacial score (nSPS) is 10.5. The van der Waals surface area contributed by atoms with Crippen LogP contribution < -0.4 is 15.8 Å². The van der Waals surface area contributed by atoms with Gasteiger partial charge in [0.2, 0.25) is 0 Å². The van der Waals surface area contributed by atoms with Crippen molar-refractivity contribution in [3.63, 3.8) is 0 Å². The van der Waals surface area contributed by atoms with E-state index in [0.717, 1.165) is 11.3 Å². The summed E-state index contributed by atoms with van der Waals surface area (Å²) in [6, 6.07) is 12.5. The molecule has 1 amide bonds. The largest absolute Gasteiger partial charge is 0.497 e. The molecule has 1 aromatic heterocycles. The van der Waals surface area contributed by atoms with Crippen molar-refractivity contribution < 1.29 is 9.53 Å². The first-order valence-electron chi connectivity index (χ1n) is 7.42. The summed E-state index contributed by atoms with van der Waals surface area (Å²) in [5.74, 6) is 0.199.